The van der Waals surface area contributed by atoms with E-state index in [1.807, 2.05) is 0 Å². The third kappa shape index (κ3) is 5.58. The molecular formula is C23H31FN2O4. The van der Waals surface area contributed by atoms with Gasteiger partial charge in [-0.25, -0.2) is 4.39 Å². The Morgan fingerprint density at radius 3 is 2.33 bits per heavy atom. The van der Waals surface area contributed by atoms with E-state index in [2.05, 4.69) is 12.2 Å². The van der Waals surface area contributed by atoms with Crippen LogP contribution in [0.3, 0.4) is 0 Å². The summed E-state index contributed by atoms with van der Waals surface area (Å²) in [7, 11) is 0. The lowest BCUT2D eigenvalue weighted by atomic mass is 9.86. The van der Waals surface area contributed by atoms with Crippen molar-refractivity contribution in [2.75, 3.05) is 13.1 Å². The number of benzene rings is 1. The molecule has 1 aromatic carbocycles. The highest BCUT2D eigenvalue weighted by atomic mass is 19.1. The Bertz CT molecular complexity index is 759. The maximum absolute atomic E-state index is 13.0. The number of esters is 1. The molecule has 3 rings (SSSR count). The summed E-state index contributed by atoms with van der Waals surface area (Å²) in [6.07, 6.45) is 4.52. The minimum absolute atomic E-state index is 0.146. The van der Waals surface area contributed by atoms with E-state index in [1.54, 1.807) is 11.8 Å². The third-order valence-corrected chi connectivity index (χ3v) is 6.31. The van der Waals surface area contributed by atoms with Crippen LogP contribution in [0.25, 0.3) is 0 Å². The first-order valence-corrected chi connectivity index (χ1v) is 10.9. The zero-order chi connectivity index (χ0) is 21.7. The summed E-state index contributed by atoms with van der Waals surface area (Å²) in [5.41, 5.74) is 0.430. The summed E-state index contributed by atoms with van der Waals surface area (Å²) in [5.74, 6) is -1.07. The summed E-state index contributed by atoms with van der Waals surface area (Å²) in [4.78, 5) is 39.1. The number of rotatable bonds is 5. The monoisotopic (exact) mass is 418 g/mol. The van der Waals surface area contributed by atoms with Crippen LogP contribution in [-0.4, -0.2) is 47.9 Å². The number of carbonyl (C=O) groups is 3. The Labute approximate surface area is 177 Å². The quantitative estimate of drug-likeness (QED) is 0.745. The normalized spacial score (nSPS) is 23.5. The van der Waals surface area contributed by atoms with Gasteiger partial charge in [-0.05, 0) is 62.8 Å². The molecule has 1 aromatic rings. The second-order valence-corrected chi connectivity index (χ2v) is 8.53. The second-order valence-electron chi connectivity index (χ2n) is 8.53. The summed E-state index contributed by atoms with van der Waals surface area (Å²) >= 11 is 0. The Balaban J connectivity index is 1.44. The van der Waals surface area contributed by atoms with Gasteiger partial charge in [0, 0.05) is 24.7 Å². The van der Waals surface area contributed by atoms with Crippen LogP contribution in [-0.2, 0) is 14.3 Å². The minimum atomic E-state index is -0.828. The van der Waals surface area contributed by atoms with Crippen LogP contribution in [0.2, 0.25) is 0 Å². The van der Waals surface area contributed by atoms with Crippen molar-refractivity contribution in [3.63, 3.8) is 0 Å². The van der Waals surface area contributed by atoms with Crippen molar-refractivity contribution in [3.8, 4) is 0 Å². The van der Waals surface area contributed by atoms with Crippen LogP contribution < -0.4 is 5.32 Å². The minimum Gasteiger partial charge on any atom is -0.452 e. The molecule has 1 saturated heterocycles. The molecule has 164 valence electrons. The lowest BCUT2D eigenvalue weighted by Crippen LogP contribution is -2.47. The smallest absolute Gasteiger partial charge is 0.309 e. The summed E-state index contributed by atoms with van der Waals surface area (Å²) in [6.45, 7) is 4.60. The van der Waals surface area contributed by atoms with Gasteiger partial charge < -0.3 is 15.0 Å². The highest BCUT2D eigenvalue weighted by molar-refractivity contribution is 5.94. The number of ether oxygens (including phenoxy) is 1. The number of amides is 2. The first-order valence-electron chi connectivity index (χ1n) is 10.9. The molecule has 0 aromatic heterocycles. The van der Waals surface area contributed by atoms with E-state index in [0.29, 0.717) is 37.4 Å². The molecule has 30 heavy (non-hydrogen) atoms. The third-order valence-electron chi connectivity index (χ3n) is 6.31. The van der Waals surface area contributed by atoms with Crippen LogP contribution in [0.1, 0.15) is 62.7 Å². The van der Waals surface area contributed by atoms with E-state index < -0.39 is 6.10 Å². The van der Waals surface area contributed by atoms with E-state index in [-0.39, 0.29) is 35.6 Å². The molecular weight excluding hydrogens is 387 g/mol. The average Bonchev–Trinajstić information content (AvgIpc) is 2.75. The van der Waals surface area contributed by atoms with Gasteiger partial charge in [-0.2, -0.15) is 0 Å². The number of hydrogen-bond acceptors (Lipinski definition) is 4. The molecule has 0 spiro atoms. The van der Waals surface area contributed by atoms with E-state index in [0.717, 1.165) is 19.3 Å². The molecule has 1 aliphatic heterocycles. The standard InChI is InChI=1S/C23H31FN2O4/c1-15-5-3-4-6-20(15)25-21(27)16(2)30-23(29)18-11-13-26(14-12-18)22(28)17-7-9-19(24)10-8-17/h7-10,15-16,18,20H,3-6,11-14H2,1-2H3,(H,25,27)/t15-,16-,20-/m1/s1. The number of nitrogens with zero attached hydrogens (tertiary/aromatic N) is 1. The molecule has 0 bridgehead atoms. The van der Waals surface area contributed by atoms with Gasteiger partial charge in [0.1, 0.15) is 5.82 Å². The summed E-state index contributed by atoms with van der Waals surface area (Å²) in [6, 6.07) is 5.60. The number of hydrogen-bond donors (Lipinski definition) is 1. The molecule has 2 amide bonds. The fourth-order valence-electron chi connectivity index (χ4n) is 4.25. The fraction of sp³-hybridized carbons (Fsp3) is 0.609. The summed E-state index contributed by atoms with van der Waals surface area (Å²) in [5, 5.41) is 3.03. The molecule has 6 nitrogen and oxygen atoms in total. The maximum atomic E-state index is 13.0. The maximum Gasteiger partial charge on any atom is 0.309 e. The fourth-order valence-corrected chi connectivity index (χ4v) is 4.25. The molecule has 1 aliphatic carbocycles. The number of piperidine rings is 1. The van der Waals surface area contributed by atoms with Crippen molar-refractivity contribution in [1.82, 2.24) is 10.2 Å². The molecule has 1 heterocycles. The number of likely N-dealkylation sites (tertiary alicyclic amines) is 1. The number of halogens is 1. The van der Waals surface area contributed by atoms with Crippen molar-refractivity contribution in [2.24, 2.45) is 11.8 Å². The van der Waals surface area contributed by atoms with Gasteiger partial charge in [-0.3, -0.25) is 14.4 Å². The molecule has 2 aliphatic rings. The Kier molecular flexibility index (Phi) is 7.45. The largest absolute Gasteiger partial charge is 0.452 e. The van der Waals surface area contributed by atoms with Crippen LogP contribution in [0.4, 0.5) is 4.39 Å². The average molecular weight is 419 g/mol. The van der Waals surface area contributed by atoms with Crippen molar-refractivity contribution in [2.45, 2.75) is 64.5 Å². The van der Waals surface area contributed by atoms with Gasteiger partial charge >= 0.3 is 5.97 Å². The molecule has 1 N–H and O–H groups in total. The van der Waals surface area contributed by atoms with E-state index in [1.165, 1.54) is 30.7 Å². The van der Waals surface area contributed by atoms with Crippen LogP contribution in [0.15, 0.2) is 24.3 Å². The van der Waals surface area contributed by atoms with Crippen molar-refractivity contribution < 1.29 is 23.5 Å². The van der Waals surface area contributed by atoms with Crippen molar-refractivity contribution in [1.29, 1.82) is 0 Å². The van der Waals surface area contributed by atoms with E-state index in [4.69, 9.17) is 4.74 Å². The molecule has 7 heteroatoms. The number of nitrogens with one attached hydrogen (secondary N) is 1. The topological polar surface area (TPSA) is 75.7 Å². The van der Waals surface area contributed by atoms with E-state index >= 15 is 0 Å². The predicted molar refractivity (Wildman–Crippen MR) is 110 cm³/mol. The van der Waals surface area contributed by atoms with Crippen LogP contribution >= 0.6 is 0 Å². The molecule has 0 radical (unpaired) electrons. The molecule has 3 atom stereocenters. The van der Waals surface area contributed by atoms with Crippen LogP contribution in [0.5, 0.6) is 0 Å². The Hall–Kier alpha value is -2.44. The lowest BCUT2D eigenvalue weighted by molar-refractivity contribution is -0.160. The SMILES string of the molecule is C[C@@H]1CCCC[C@H]1NC(=O)[C@@H](C)OC(=O)C1CCN(C(=O)c2ccc(F)cc2)CC1. The van der Waals surface area contributed by atoms with Gasteiger partial charge in [-0.15, -0.1) is 0 Å². The second kappa shape index (κ2) is 10.0. The van der Waals surface area contributed by atoms with Crippen molar-refractivity contribution >= 4 is 17.8 Å². The highest BCUT2D eigenvalue weighted by Gasteiger charge is 2.32. The van der Waals surface area contributed by atoms with Gasteiger partial charge in [0.2, 0.25) is 0 Å². The van der Waals surface area contributed by atoms with E-state index in [9.17, 15) is 18.8 Å². The molecule has 1 saturated carbocycles. The van der Waals surface area contributed by atoms with Gasteiger partial charge in [0.05, 0.1) is 5.92 Å². The lowest BCUT2D eigenvalue weighted by Gasteiger charge is -2.32. The summed E-state index contributed by atoms with van der Waals surface area (Å²) < 4.78 is 18.5. The van der Waals surface area contributed by atoms with Gasteiger partial charge in [-0.1, -0.05) is 19.8 Å². The zero-order valence-electron chi connectivity index (χ0n) is 17.7. The Morgan fingerprint density at radius 2 is 1.70 bits per heavy atom. The molecule has 2 fully saturated rings. The van der Waals surface area contributed by atoms with Crippen molar-refractivity contribution in [3.05, 3.63) is 35.6 Å². The van der Waals surface area contributed by atoms with Gasteiger partial charge in [0.25, 0.3) is 11.8 Å². The number of carbonyl (C=O) groups excluding carboxylic acids is 3. The first-order chi connectivity index (χ1) is 14.3. The first kappa shape index (κ1) is 22.2. The molecule has 0 unspecified atom stereocenters. The zero-order valence-corrected chi connectivity index (χ0v) is 17.7. The highest BCUT2D eigenvalue weighted by Crippen LogP contribution is 2.24. The van der Waals surface area contributed by atoms with Gasteiger partial charge in [0.15, 0.2) is 6.10 Å². The predicted octanol–water partition coefficient (Wildman–Crippen LogP) is 3.30. The Morgan fingerprint density at radius 1 is 1.07 bits per heavy atom. The van der Waals surface area contributed by atoms with Crippen LogP contribution in [0, 0.1) is 17.7 Å².